The van der Waals surface area contributed by atoms with Gasteiger partial charge in [-0.3, -0.25) is 14.9 Å². The number of alkyl carbamates (subject to hydrolysis) is 1. The third-order valence-corrected chi connectivity index (χ3v) is 4.93. The van der Waals surface area contributed by atoms with Crippen LogP contribution >= 0.6 is 0 Å². The maximum absolute atomic E-state index is 12.5. The van der Waals surface area contributed by atoms with Gasteiger partial charge in [0.15, 0.2) is 5.82 Å². The minimum absolute atomic E-state index is 0.0931. The Morgan fingerprint density at radius 3 is 2.86 bits per heavy atom. The number of pyridine rings is 1. The number of carbonyl (C=O) groups excluding carboxylic acids is 2. The maximum Gasteiger partial charge on any atom is 0.407 e. The summed E-state index contributed by atoms with van der Waals surface area (Å²) in [4.78, 5) is 28.5. The SMILES string of the molecule is CCCNC(=O)O[C@H]1CC[C@@H](c2cc(NC(=O)c3ccc(C)nc3C)n[nH]2)C1. The summed E-state index contributed by atoms with van der Waals surface area (Å²) < 4.78 is 5.46. The van der Waals surface area contributed by atoms with Gasteiger partial charge in [0, 0.05) is 29.9 Å². The molecule has 2 amide bonds. The van der Waals surface area contributed by atoms with Crippen LogP contribution in [-0.2, 0) is 4.74 Å². The Labute approximate surface area is 164 Å². The fourth-order valence-electron chi connectivity index (χ4n) is 3.47. The van der Waals surface area contributed by atoms with E-state index in [9.17, 15) is 9.59 Å². The molecule has 2 atom stereocenters. The Balaban J connectivity index is 1.55. The highest BCUT2D eigenvalue weighted by atomic mass is 16.6. The van der Waals surface area contributed by atoms with Crippen LogP contribution in [0.25, 0.3) is 0 Å². The number of aryl methyl sites for hydroxylation is 2. The van der Waals surface area contributed by atoms with E-state index in [0.29, 0.717) is 23.6 Å². The van der Waals surface area contributed by atoms with E-state index in [1.165, 1.54) is 0 Å². The van der Waals surface area contributed by atoms with E-state index in [1.54, 1.807) is 6.07 Å². The molecule has 2 heterocycles. The second kappa shape index (κ2) is 8.86. The van der Waals surface area contributed by atoms with E-state index in [4.69, 9.17) is 4.74 Å². The number of aromatic nitrogens is 3. The summed E-state index contributed by atoms with van der Waals surface area (Å²) in [5.41, 5.74) is 3.03. The number of nitrogens with one attached hydrogen (secondary N) is 3. The molecule has 0 radical (unpaired) electrons. The average molecular weight is 385 g/mol. The quantitative estimate of drug-likeness (QED) is 0.706. The van der Waals surface area contributed by atoms with Crippen LogP contribution in [0.2, 0.25) is 0 Å². The van der Waals surface area contributed by atoms with Gasteiger partial charge in [-0.25, -0.2) is 4.79 Å². The lowest BCUT2D eigenvalue weighted by atomic mass is 10.0. The molecule has 8 nitrogen and oxygen atoms in total. The average Bonchev–Trinajstić information content (AvgIpc) is 3.29. The number of nitrogens with zero attached hydrogens (tertiary/aromatic N) is 2. The molecular formula is C20H27N5O3. The summed E-state index contributed by atoms with van der Waals surface area (Å²) >= 11 is 0. The van der Waals surface area contributed by atoms with Crippen LogP contribution in [0.4, 0.5) is 10.6 Å². The molecule has 0 aliphatic heterocycles. The van der Waals surface area contributed by atoms with Crippen molar-refractivity contribution in [3.05, 3.63) is 40.8 Å². The number of hydrogen-bond acceptors (Lipinski definition) is 5. The van der Waals surface area contributed by atoms with Crippen molar-refractivity contribution < 1.29 is 14.3 Å². The van der Waals surface area contributed by atoms with Gasteiger partial charge >= 0.3 is 6.09 Å². The molecule has 1 fully saturated rings. The molecule has 0 aromatic carbocycles. The van der Waals surface area contributed by atoms with Crippen LogP contribution in [0.5, 0.6) is 0 Å². The molecular weight excluding hydrogens is 358 g/mol. The van der Waals surface area contributed by atoms with Gasteiger partial charge in [-0.1, -0.05) is 6.92 Å². The molecule has 0 bridgehead atoms. The normalized spacial score (nSPS) is 18.7. The Kier molecular flexibility index (Phi) is 6.28. The van der Waals surface area contributed by atoms with Crippen molar-refractivity contribution >= 4 is 17.8 Å². The van der Waals surface area contributed by atoms with Gasteiger partial charge < -0.3 is 15.4 Å². The van der Waals surface area contributed by atoms with Crippen LogP contribution in [0, 0.1) is 13.8 Å². The summed E-state index contributed by atoms with van der Waals surface area (Å²) in [7, 11) is 0. The van der Waals surface area contributed by atoms with Crippen LogP contribution in [0.15, 0.2) is 18.2 Å². The standard InChI is InChI=1S/C20H27N5O3/c1-4-9-21-20(27)28-15-7-6-14(10-15)17-11-18(25-24-17)23-19(26)16-8-5-12(2)22-13(16)3/h5,8,11,14-15H,4,6-7,9-10H2,1-3H3,(H,21,27)(H2,23,24,25,26)/t14-,15+/m1/s1. The zero-order valence-electron chi connectivity index (χ0n) is 16.5. The van der Waals surface area contributed by atoms with Crippen LogP contribution in [-0.4, -0.2) is 39.8 Å². The lowest BCUT2D eigenvalue weighted by Crippen LogP contribution is -2.28. The predicted octanol–water partition coefficient (Wildman–Crippen LogP) is 3.45. The smallest absolute Gasteiger partial charge is 0.407 e. The van der Waals surface area contributed by atoms with Crippen molar-refractivity contribution in [1.29, 1.82) is 0 Å². The van der Waals surface area contributed by atoms with Gasteiger partial charge in [-0.05, 0) is 51.7 Å². The lowest BCUT2D eigenvalue weighted by molar-refractivity contribution is 0.0998. The van der Waals surface area contributed by atoms with Gasteiger partial charge in [-0.15, -0.1) is 0 Å². The van der Waals surface area contributed by atoms with Crippen LogP contribution in [0.3, 0.4) is 0 Å². The first-order chi connectivity index (χ1) is 13.5. The van der Waals surface area contributed by atoms with Crippen molar-refractivity contribution in [3.63, 3.8) is 0 Å². The summed E-state index contributed by atoms with van der Waals surface area (Å²) in [5, 5.41) is 12.7. The first-order valence-corrected chi connectivity index (χ1v) is 9.71. The number of H-pyrrole nitrogens is 1. The Bertz CT molecular complexity index is 848. The van der Waals surface area contributed by atoms with Crippen molar-refractivity contribution in [2.24, 2.45) is 0 Å². The largest absolute Gasteiger partial charge is 0.446 e. The Morgan fingerprint density at radius 2 is 2.11 bits per heavy atom. The number of aromatic amines is 1. The molecule has 3 rings (SSSR count). The zero-order valence-corrected chi connectivity index (χ0v) is 16.5. The predicted molar refractivity (Wildman–Crippen MR) is 105 cm³/mol. The summed E-state index contributed by atoms with van der Waals surface area (Å²) in [6, 6.07) is 5.43. The summed E-state index contributed by atoms with van der Waals surface area (Å²) in [5.74, 6) is 0.471. The summed E-state index contributed by atoms with van der Waals surface area (Å²) in [6.07, 6.45) is 2.90. The highest BCUT2D eigenvalue weighted by molar-refractivity contribution is 6.04. The third-order valence-electron chi connectivity index (χ3n) is 4.93. The molecule has 2 aromatic rings. The number of rotatable bonds is 6. The Morgan fingerprint density at radius 1 is 1.29 bits per heavy atom. The number of amides is 2. The fourth-order valence-corrected chi connectivity index (χ4v) is 3.47. The molecule has 0 unspecified atom stereocenters. The molecule has 2 aromatic heterocycles. The van der Waals surface area contributed by atoms with E-state index < -0.39 is 0 Å². The highest BCUT2D eigenvalue weighted by Crippen LogP contribution is 2.35. The molecule has 0 spiro atoms. The molecule has 1 aliphatic rings. The molecule has 8 heteroatoms. The highest BCUT2D eigenvalue weighted by Gasteiger charge is 2.30. The van der Waals surface area contributed by atoms with Crippen LogP contribution < -0.4 is 10.6 Å². The molecule has 1 aliphatic carbocycles. The van der Waals surface area contributed by atoms with E-state index in [1.807, 2.05) is 32.9 Å². The first-order valence-electron chi connectivity index (χ1n) is 9.71. The molecule has 1 saturated carbocycles. The fraction of sp³-hybridized carbons (Fsp3) is 0.500. The van der Waals surface area contributed by atoms with Gasteiger partial charge in [0.1, 0.15) is 6.10 Å². The lowest BCUT2D eigenvalue weighted by Gasteiger charge is -2.12. The molecule has 3 N–H and O–H groups in total. The molecule has 150 valence electrons. The van der Waals surface area contributed by atoms with Crippen LogP contribution in [0.1, 0.15) is 66.0 Å². The number of hydrogen-bond donors (Lipinski definition) is 3. The van der Waals surface area contributed by atoms with Crippen molar-refractivity contribution in [2.45, 2.75) is 58.5 Å². The van der Waals surface area contributed by atoms with E-state index in [-0.39, 0.29) is 24.0 Å². The monoisotopic (exact) mass is 385 g/mol. The van der Waals surface area contributed by atoms with Crippen molar-refractivity contribution in [1.82, 2.24) is 20.5 Å². The number of carbonyl (C=O) groups is 2. The second-order valence-electron chi connectivity index (χ2n) is 7.21. The second-order valence-corrected chi connectivity index (χ2v) is 7.21. The van der Waals surface area contributed by atoms with Gasteiger partial charge in [0.05, 0.1) is 11.3 Å². The molecule has 0 saturated heterocycles. The van der Waals surface area contributed by atoms with Gasteiger partial charge in [-0.2, -0.15) is 5.10 Å². The van der Waals surface area contributed by atoms with Gasteiger partial charge in [0.25, 0.3) is 5.91 Å². The zero-order chi connectivity index (χ0) is 20.1. The summed E-state index contributed by atoms with van der Waals surface area (Å²) in [6.45, 7) is 6.32. The third kappa shape index (κ3) is 4.88. The number of ether oxygens (including phenoxy) is 1. The maximum atomic E-state index is 12.5. The van der Waals surface area contributed by atoms with E-state index in [2.05, 4.69) is 25.8 Å². The van der Waals surface area contributed by atoms with E-state index >= 15 is 0 Å². The molecule has 28 heavy (non-hydrogen) atoms. The topological polar surface area (TPSA) is 109 Å². The van der Waals surface area contributed by atoms with Crippen molar-refractivity contribution in [3.8, 4) is 0 Å². The number of anilines is 1. The van der Waals surface area contributed by atoms with Gasteiger partial charge in [0.2, 0.25) is 0 Å². The van der Waals surface area contributed by atoms with E-state index in [0.717, 1.165) is 37.1 Å². The first kappa shape index (κ1) is 19.9. The Hall–Kier alpha value is -2.90. The minimum Gasteiger partial charge on any atom is -0.446 e. The minimum atomic E-state index is -0.354. The van der Waals surface area contributed by atoms with Crippen molar-refractivity contribution in [2.75, 3.05) is 11.9 Å².